The highest BCUT2D eigenvalue weighted by atomic mass is 16.3. The molecule has 5 nitrogen and oxygen atoms in total. The summed E-state index contributed by atoms with van der Waals surface area (Å²) in [6.45, 7) is 9.11. The second kappa shape index (κ2) is 5.23. The van der Waals surface area contributed by atoms with Crippen molar-refractivity contribution >= 4 is 6.03 Å². The Hall–Kier alpha value is -0.810. The molecule has 1 unspecified atom stereocenters. The summed E-state index contributed by atoms with van der Waals surface area (Å²) >= 11 is 0. The van der Waals surface area contributed by atoms with Gasteiger partial charge in [0, 0.05) is 45.3 Å². The van der Waals surface area contributed by atoms with Crippen molar-refractivity contribution < 1.29 is 9.90 Å². The molecule has 0 radical (unpaired) electrons. The van der Waals surface area contributed by atoms with E-state index in [-0.39, 0.29) is 12.1 Å². The number of carbonyl (C=O) groups is 1. The summed E-state index contributed by atoms with van der Waals surface area (Å²) in [6.07, 6.45) is 0.397. The highest BCUT2D eigenvalue weighted by Crippen LogP contribution is 2.13. The smallest absolute Gasteiger partial charge is 0.320 e. The van der Waals surface area contributed by atoms with E-state index in [2.05, 4.69) is 18.7 Å². The lowest BCUT2D eigenvalue weighted by Gasteiger charge is -2.38. The molecule has 0 saturated carbocycles. The molecule has 0 bridgehead atoms. The molecule has 2 aliphatic rings. The molecule has 2 heterocycles. The number of piperazine rings is 1. The monoisotopic (exact) mass is 241 g/mol. The molecular formula is C12H23N3O2. The average molecular weight is 241 g/mol. The Morgan fingerprint density at radius 2 is 1.76 bits per heavy atom. The average Bonchev–Trinajstić information content (AvgIpc) is 2.75. The van der Waals surface area contributed by atoms with E-state index in [9.17, 15) is 9.90 Å². The summed E-state index contributed by atoms with van der Waals surface area (Å²) in [6, 6.07) is 0.658. The lowest BCUT2D eigenvalue weighted by atomic mass is 10.2. The minimum atomic E-state index is -0.323. The molecule has 2 amide bonds. The first-order valence-corrected chi connectivity index (χ1v) is 6.54. The first-order valence-electron chi connectivity index (χ1n) is 6.54. The Kier molecular flexibility index (Phi) is 3.89. The maximum atomic E-state index is 12.1. The van der Waals surface area contributed by atoms with Crippen molar-refractivity contribution in [3.05, 3.63) is 0 Å². The van der Waals surface area contributed by atoms with Crippen LogP contribution in [0.15, 0.2) is 0 Å². The van der Waals surface area contributed by atoms with Gasteiger partial charge in [-0.25, -0.2) is 4.79 Å². The van der Waals surface area contributed by atoms with E-state index in [1.54, 1.807) is 4.90 Å². The summed E-state index contributed by atoms with van der Waals surface area (Å²) < 4.78 is 0. The number of aliphatic hydroxyl groups excluding tert-OH is 1. The Morgan fingerprint density at radius 3 is 2.24 bits per heavy atom. The largest absolute Gasteiger partial charge is 0.391 e. The fourth-order valence-corrected chi connectivity index (χ4v) is 2.55. The standard InChI is InChI=1S/C12H23N3O2/c1-10(2)13-5-7-14(8-6-13)12(17)15-4-3-11(16)9-15/h10-11,16H,3-9H2,1-2H3. The van der Waals surface area contributed by atoms with Crippen LogP contribution in [0.1, 0.15) is 20.3 Å². The third-order valence-corrected chi connectivity index (χ3v) is 3.75. The molecule has 2 fully saturated rings. The van der Waals surface area contributed by atoms with Gasteiger partial charge in [-0.1, -0.05) is 0 Å². The predicted octanol–water partition coefficient (Wildman–Crippen LogP) is 0.199. The van der Waals surface area contributed by atoms with Gasteiger partial charge in [-0.05, 0) is 20.3 Å². The van der Waals surface area contributed by atoms with Gasteiger partial charge in [0.05, 0.1) is 6.10 Å². The van der Waals surface area contributed by atoms with Crippen LogP contribution in [-0.2, 0) is 0 Å². The van der Waals surface area contributed by atoms with Crippen molar-refractivity contribution in [2.75, 3.05) is 39.3 Å². The molecule has 0 aliphatic carbocycles. The number of likely N-dealkylation sites (tertiary alicyclic amines) is 1. The molecule has 0 aromatic carbocycles. The maximum Gasteiger partial charge on any atom is 0.320 e. The number of carbonyl (C=O) groups excluding carboxylic acids is 1. The third kappa shape index (κ3) is 2.90. The topological polar surface area (TPSA) is 47.0 Å². The Balaban J connectivity index is 1.82. The van der Waals surface area contributed by atoms with Crippen molar-refractivity contribution in [2.24, 2.45) is 0 Å². The summed E-state index contributed by atoms with van der Waals surface area (Å²) in [5.74, 6) is 0. The molecule has 1 atom stereocenters. The molecule has 0 spiro atoms. The van der Waals surface area contributed by atoms with Crippen LogP contribution in [0.4, 0.5) is 4.79 Å². The number of aliphatic hydroxyl groups is 1. The second-order valence-electron chi connectivity index (χ2n) is 5.29. The zero-order valence-electron chi connectivity index (χ0n) is 10.8. The van der Waals surface area contributed by atoms with E-state index >= 15 is 0 Å². The Labute approximate surface area is 103 Å². The SMILES string of the molecule is CC(C)N1CCN(C(=O)N2CCC(O)C2)CC1. The third-order valence-electron chi connectivity index (χ3n) is 3.75. The van der Waals surface area contributed by atoms with Crippen molar-refractivity contribution in [3.8, 4) is 0 Å². The van der Waals surface area contributed by atoms with Gasteiger partial charge in [-0.3, -0.25) is 4.90 Å². The van der Waals surface area contributed by atoms with Gasteiger partial charge in [-0.15, -0.1) is 0 Å². The van der Waals surface area contributed by atoms with Gasteiger partial charge in [0.1, 0.15) is 0 Å². The number of hydrogen-bond acceptors (Lipinski definition) is 3. The zero-order chi connectivity index (χ0) is 12.4. The molecule has 98 valence electrons. The van der Waals surface area contributed by atoms with Gasteiger partial charge in [0.15, 0.2) is 0 Å². The highest BCUT2D eigenvalue weighted by Gasteiger charge is 2.30. The minimum absolute atomic E-state index is 0.102. The fourth-order valence-electron chi connectivity index (χ4n) is 2.55. The minimum Gasteiger partial charge on any atom is -0.391 e. The summed E-state index contributed by atoms with van der Waals surface area (Å²) in [5.41, 5.74) is 0. The predicted molar refractivity (Wildman–Crippen MR) is 65.9 cm³/mol. The van der Waals surface area contributed by atoms with E-state index in [0.29, 0.717) is 19.1 Å². The molecule has 0 aromatic rings. The first-order chi connectivity index (χ1) is 8.08. The number of β-amino-alcohol motifs (C(OH)–C–C–N with tert-alkyl or cyclic N) is 1. The zero-order valence-corrected chi connectivity index (χ0v) is 10.8. The van der Waals surface area contributed by atoms with Crippen molar-refractivity contribution in [2.45, 2.75) is 32.4 Å². The number of amides is 2. The quantitative estimate of drug-likeness (QED) is 0.713. The lowest BCUT2D eigenvalue weighted by Crippen LogP contribution is -2.53. The molecule has 0 aromatic heterocycles. The van der Waals surface area contributed by atoms with Crippen LogP contribution >= 0.6 is 0 Å². The molecule has 2 saturated heterocycles. The number of hydrogen-bond donors (Lipinski definition) is 1. The number of nitrogens with zero attached hydrogens (tertiary/aromatic N) is 3. The van der Waals surface area contributed by atoms with Crippen LogP contribution in [-0.4, -0.2) is 77.3 Å². The van der Waals surface area contributed by atoms with E-state index in [4.69, 9.17) is 0 Å². The second-order valence-corrected chi connectivity index (χ2v) is 5.29. The van der Waals surface area contributed by atoms with Crippen LogP contribution in [0.3, 0.4) is 0 Å². The normalized spacial score (nSPS) is 26.9. The molecular weight excluding hydrogens is 218 g/mol. The molecule has 2 rings (SSSR count). The highest BCUT2D eigenvalue weighted by molar-refractivity contribution is 5.75. The van der Waals surface area contributed by atoms with E-state index < -0.39 is 0 Å². The van der Waals surface area contributed by atoms with Crippen molar-refractivity contribution in [3.63, 3.8) is 0 Å². The van der Waals surface area contributed by atoms with E-state index in [1.165, 1.54) is 0 Å². The molecule has 5 heteroatoms. The van der Waals surface area contributed by atoms with Crippen LogP contribution in [0, 0.1) is 0 Å². The van der Waals surface area contributed by atoms with Crippen LogP contribution in [0.25, 0.3) is 0 Å². The fraction of sp³-hybridized carbons (Fsp3) is 0.917. The number of rotatable bonds is 1. The molecule has 17 heavy (non-hydrogen) atoms. The molecule has 1 N–H and O–H groups in total. The Morgan fingerprint density at radius 1 is 1.12 bits per heavy atom. The van der Waals surface area contributed by atoms with E-state index in [0.717, 1.165) is 32.6 Å². The van der Waals surface area contributed by atoms with Crippen molar-refractivity contribution in [1.82, 2.24) is 14.7 Å². The van der Waals surface area contributed by atoms with Crippen molar-refractivity contribution in [1.29, 1.82) is 0 Å². The maximum absolute atomic E-state index is 12.1. The van der Waals surface area contributed by atoms with Gasteiger partial charge >= 0.3 is 6.03 Å². The summed E-state index contributed by atoms with van der Waals surface area (Å²) in [5, 5.41) is 9.44. The lowest BCUT2D eigenvalue weighted by molar-refractivity contribution is 0.0993. The van der Waals surface area contributed by atoms with Gasteiger partial charge in [-0.2, -0.15) is 0 Å². The van der Waals surface area contributed by atoms with Crippen LogP contribution in [0.5, 0.6) is 0 Å². The summed E-state index contributed by atoms with van der Waals surface area (Å²) in [4.78, 5) is 18.2. The van der Waals surface area contributed by atoms with Crippen LogP contribution in [0.2, 0.25) is 0 Å². The van der Waals surface area contributed by atoms with E-state index in [1.807, 2.05) is 4.90 Å². The van der Waals surface area contributed by atoms with Crippen LogP contribution < -0.4 is 0 Å². The van der Waals surface area contributed by atoms with Gasteiger partial charge in [0.2, 0.25) is 0 Å². The van der Waals surface area contributed by atoms with Gasteiger partial charge in [0.25, 0.3) is 0 Å². The summed E-state index contributed by atoms with van der Waals surface area (Å²) in [7, 11) is 0. The Bertz CT molecular complexity index is 275. The first kappa shape index (κ1) is 12.6. The molecule has 2 aliphatic heterocycles. The van der Waals surface area contributed by atoms with Gasteiger partial charge < -0.3 is 14.9 Å². The number of urea groups is 1.